The lowest BCUT2D eigenvalue weighted by Crippen LogP contribution is -2.20. The maximum Gasteiger partial charge on any atom is 0.418 e. The molecule has 0 unspecified atom stereocenters. The lowest BCUT2D eigenvalue weighted by atomic mass is 10.1. The van der Waals surface area contributed by atoms with Crippen LogP contribution in [0.25, 0.3) is 0 Å². The average Bonchev–Trinajstić information content (AvgIpc) is 2.27. The van der Waals surface area contributed by atoms with Crippen LogP contribution in [-0.2, 0) is 4.74 Å². The molecule has 3 nitrogen and oxygen atoms in total. The molecular formula is C11H11F3O3. The molecule has 1 N–H and O–H groups in total. The molecule has 0 heterocycles. The van der Waals surface area contributed by atoms with Crippen molar-refractivity contribution in [3.63, 3.8) is 0 Å². The lowest BCUT2D eigenvalue weighted by molar-refractivity contribution is -0.206. The van der Waals surface area contributed by atoms with E-state index in [2.05, 4.69) is 4.74 Å². The van der Waals surface area contributed by atoms with Crippen LogP contribution in [0.4, 0.5) is 13.2 Å². The first-order chi connectivity index (χ1) is 7.86. The first-order valence-electron chi connectivity index (χ1n) is 4.88. The third-order valence-electron chi connectivity index (χ3n) is 2.02. The number of ether oxygens (including phenoxy) is 1. The van der Waals surface area contributed by atoms with Crippen molar-refractivity contribution < 1.29 is 27.8 Å². The second-order valence-corrected chi connectivity index (χ2v) is 3.29. The number of benzene rings is 1. The molecule has 0 radical (unpaired) electrons. The molecule has 0 aliphatic heterocycles. The SMILES string of the molecule is CCOC(=O)c1cccc([C@@H](O)C(F)(F)F)c1. The number of hydrogen-bond acceptors (Lipinski definition) is 3. The Hall–Kier alpha value is -1.56. The first kappa shape index (κ1) is 13.5. The van der Waals surface area contributed by atoms with Crippen LogP contribution in [0.5, 0.6) is 0 Å². The van der Waals surface area contributed by atoms with E-state index in [0.29, 0.717) is 0 Å². The van der Waals surface area contributed by atoms with E-state index in [1.54, 1.807) is 6.92 Å². The lowest BCUT2D eigenvalue weighted by Gasteiger charge is -2.15. The van der Waals surface area contributed by atoms with Gasteiger partial charge in [0.2, 0.25) is 0 Å². The molecule has 0 saturated carbocycles. The Morgan fingerprint density at radius 3 is 2.65 bits per heavy atom. The zero-order valence-corrected chi connectivity index (χ0v) is 8.99. The highest BCUT2D eigenvalue weighted by Gasteiger charge is 2.39. The van der Waals surface area contributed by atoms with Crippen LogP contribution in [0.15, 0.2) is 24.3 Å². The van der Waals surface area contributed by atoms with Gasteiger partial charge in [-0.25, -0.2) is 4.79 Å². The van der Waals surface area contributed by atoms with Gasteiger partial charge in [-0.3, -0.25) is 0 Å². The number of aliphatic hydroxyl groups excluding tert-OH is 1. The summed E-state index contributed by atoms with van der Waals surface area (Å²) >= 11 is 0. The average molecular weight is 248 g/mol. The van der Waals surface area contributed by atoms with E-state index in [1.807, 2.05) is 0 Å². The number of carbonyl (C=O) groups excluding carboxylic acids is 1. The number of rotatable bonds is 3. The molecule has 1 atom stereocenters. The van der Waals surface area contributed by atoms with Crippen LogP contribution < -0.4 is 0 Å². The topological polar surface area (TPSA) is 46.5 Å². The largest absolute Gasteiger partial charge is 0.462 e. The smallest absolute Gasteiger partial charge is 0.418 e. The molecule has 1 rings (SSSR count). The van der Waals surface area contributed by atoms with Crippen LogP contribution in [0.3, 0.4) is 0 Å². The highest BCUT2D eigenvalue weighted by atomic mass is 19.4. The molecule has 0 amide bonds. The Bertz CT molecular complexity index is 401. The molecule has 6 heteroatoms. The predicted molar refractivity (Wildman–Crippen MR) is 53.4 cm³/mol. The van der Waals surface area contributed by atoms with E-state index in [-0.39, 0.29) is 17.7 Å². The van der Waals surface area contributed by atoms with E-state index in [0.717, 1.165) is 12.1 Å². The zero-order valence-electron chi connectivity index (χ0n) is 8.99. The normalized spacial score (nSPS) is 13.2. The van der Waals surface area contributed by atoms with Crippen molar-refractivity contribution in [3.8, 4) is 0 Å². The molecule has 1 aromatic rings. The van der Waals surface area contributed by atoms with Crippen LogP contribution in [0, 0.1) is 0 Å². The molecule has 94 valence electrons. The predicted octanol–water partition coefficient (Wildman–Crippen LogP) is 2.46. The van der Waals surface area contributed by atoms with E-state index in [9.17, 15) is 18.0 Å². The first-order valence-corrected chi connectivity index (χ1v) is 4.88. The minimum absolute atomic E-state index is 0.0207. The second-order valence-electron chi connectivity index (χ2n) is 3.29. The minimum atomic E-state index is -4.76. The van der Waals surface area contributed by atoms with Crippen LogP contribution in [-0.4, -0.2) is 23.9 Å². The Morgan fingerprint density at radius 1 is 1.47 bits per heavy atom. The maximum absolute atomic E-state index is 12.2. The van der Waals surface area contributed by atoms with Gasteiger partial charge >= 0.3 is 12.1 Å². The summed E-state index contributed by atoms with van der Waals surface area (Å²) in [6.45, 7) is 1.72. The standard InChI is InChI=1S/C11H11F3O3/c1-2-17-10(16)8-5-3-4-7(6-8)9(15)11(12,13)14/h3-6,9,15H,2H2,1H3/t9-/m1/s1. The summed E-state index contributed by atoms with van der Waals surface area (Å²) in [6, 6.07) is 4.65. The van der Waals surface area contributed by atoms with Crippen molar-refractivity contribution in [2.45, 2.75) is 19.2 Å². The molecule has 0 aliphatic carbocycles. The minimum Gasteiger partial charge on any atom is -0.462 e. The summed E-state index contributed by atoms with van der Waals surface area (Å²) in [5.74, 6) is -0.719. The van der Waals surface area contributed by atoms with Gasteiger partial charge in [0.05, 0.1) is 12.2 Å². The van der Waals surface area contributed by atoms with E-state index in [1.165, 1.54) is 12.1 Å². The summed E-state index contributed by atoms with van der Waals surface area (Å²) in [6.07, 6.45) is -7.36. The molecule has 0 aromatic heterocycles. The van der Waals surface area contributed by atoms with E-state index in [4.69, 9.17) is 5.11 Å². The molecule has 0 saturated heterocycles. The van der Waals surface area contributed by atoms with Gasteiger partial charge in [0, 0.05) is 0 Å². The molecule has 0 bridgehead atoms. The number of halogens is 3. The number of aliphatic hydroxyl groups is 1. The van der Waals surface area contributed by atoms with Gasteiger partial charge in [-0.15, -0.1) is 0 Å². The quantitative estimate of drug-likeness (QED) is 0.836. The van der Waals surface area contributed by atoms with Crippen molar-refractivity contribution in [3.05, 3.63) is 35.4 Å². The number of carbonyl (C=O) groups is 1. The number of esters is 1. The fourth-order valence-electron chi connectivity index (χ4n) is 1.24. The van der Waals surface area contributed by atoms with Crippen LogP contribution in [0.2, 0.25) is 0 Å². The maximum atomic E-state index is 12.2. The van der Waals surface area contributed by atoms with Crippen LogP contribution >= 0.6 is 0 Å². The van der Waals surface area contributed by atoms with Gasteiger partial charge in [0.25, 0.3) is 0 Å². The Labute approximate surface area is 95.8 Å². The highest BCUT2D eigenvalue weighted by molar-refractivity contribution is 5.89. The second kappa shape index (κ2) is 5.18. The van der Waals surface area contributed by atoms with Crippen molar-refractivity contribution in [2.75, 3.05) is 6.61 Å². The molecule has 0 fully saturated rings. The summed E-state index contributed by atoms with van der Waals surface area (Å²) in [5, 5.41) is 9.02. The monoisotopic (exact) mass is 248 g/mol. The molecular weight excluding hydrogens is 237 g/mol. The van der Waals surface area contributed by atoms with Crippen molar-refractivity contribution in [2.24, 2.45) is 0 Å². The van der Waals surface area contributed by atoms with Gasteiger partial charge < -0.3 is 9.84 Å². The number of alkyl halides is 3. The van der Waals surface area contributed by atoms with E-state index >= 15 is 0 Å². The van der Waals surface area contributed by atoms with Gasteiger partial charge in [0.1, 0.15) is 0 Å². The Kier molecular flexibility index (Phi) is 4.11. The Morgan fingerprint density at radius 2 is 2.12 bits per heavy atom. The van der Waals surface area contributed by atoms with Gasteiger partial charge in [0.15, 0.2) is 6.10 Å². The third kappa shape index (κ3) is 3.45. The molecule has 17 heavy (non-hydrogen) atoms. The number of hydrogen-bond donors (Lipinski definition) is 1. The van der Waals surface area contributed by atoms with Crippen molar-refractivity contribution >= 4 is 5.97 Å². The van der Waals surface area contributed by atoms with Gasteiger partial charge in [-0.2, -0.15) is 13.2 Å². The highest BCUT2D eigenvalue weighted by Crippen LogP contribution is 2.32. The molecule has 0 spiro atoms. The van der Waals surface area contributed by atoms with Crippen LogP contribution in [0.1, 0.15) is 28.9 Å². The van der Waals surface area contributed by atoms with E-state index < -0.39 is 18.2 Å². The summed E-state index contributed by atoms with van der Waals surface area (Å²) in [7, 11) is 0. The zero-order chi connectivity index (χ0) is 13.1. The molecule has 0 aliphatic rings. The van der Waals surface area contributed by atoms with Crippen molar-refractivity contribution in [1.82, 2.24) is 0 Å². The van der Waals surface area contributed by atoms with Gasteiger partial charge in [-0.1, -0.05) is 12.1 Å². The summed E-state index contributed by atoms with van der Waals surface area (Å²) in [5.41, 5.74) is -0.407. The fraction of sp³-hybridized carbons (Fsp3) is 0.364. The third-order valence-corrected chi connectivity index (χ3v) is 2.02. The fourth-order valence-corrected chi connectivity index (χ4v) is 1.24. The Balaban J connectivity index is 2.97. The summed E-state index contributed by atoms with van der Waals surface area (Å²) in [4.78, 5) is 11.3. The van der Waals surface area contributed by atoms with Gasteiger partial charge in [-0.05, 0) is 24.6 Å². The molecule has 1 aromatic carbocycles. The van der Waals surface area contributed by atoms with Crippen molar-refractivity contribution in [1.29, 1.82) is 0 Å². The summed E-state index contributed by atoms with van der Waals surface area (Å²) < 4.78 is 41.4.